The van der Waals surface area contributed by atoms with E-state index in [1.54, 1.807) is 6.92 Å². The molecule has 1 aliphatic rings. The van der Waals surface area contributed by atoms with Crippen LogP contribution in [-0.4, -0.2) is 17.3 Å². The molecule has 0 amide bonds. The molecule has 0 spiro atoms. The SMILES string of the molecule is C[C@@H]1CC=C(O[C@H](C)C[C@@H](C)O)CC1. The van der Waals surface area contributed by atoms with Crippen molar-refractivity contribution in [3.05, 3.63) is 11.8 Å². The van der Waals surface area contributed by atoms with Crippen LogP contribution in [0.1, 0.15) is 46.5 Å². The monoisotopic (exact) mass is 198 g/mol. The molecule has 0 aromatic rings. The molecule has 1 aliphatic carbocycles. The van der Waals surface area contributed by atoms with Crippen molar-refractivity contribution in [3.63, 3.8) is 0 Å². The minimum absolute atomic E-state index is 0.134. The summed E-state index contributed by atoms with van der Waals surface area (Å²) in [5, 5.41) is 9.19. The van der Waals surface area contributed by atoms with Crippen molar-refractivity contribution in [2.24, 2.45) is 5.92 Å². The minimum atomic E-state index is -0.270. The summed E-state index contributed by atoms with van der Waals surface area (Å²) < 4.78 is 5.75. The van der Waals surface area contributed by atoms with Crippen molar-refractivity contribution in [1.82, 2.24) is 0 Å². The molecule has 2 heteroatoms. The molecule has 0 saturated heterocycles. The van der Waals surface area contributed by atoms with Gasteiger partial charge in [0.25, 0.3) is 0 Å². The fraction of sp³-hybridized carbons (Fsp3) is 0.833. The third-order valence-electron chi connectivity index (χ3n) is 2.66. The number of aliphatic hydroxyl groups excluding tert-OH is 1. The summed E-state index contributed by atoms with van der Waals surface area (Å²) in [6.45, 7) is 6.09. The maximum Gasteiger partial charge on any atom is 0.0978 e. The van der Waals surface area contributed by atoms with Crippen LogP contribution in [0.5, 0.6) is 0 Å². The van der Waals surface area contributed by atoms with Crippen LogP contribution in [0.25, 0.3) is 0 Å². The van der Waals surface area contributed by atoms with E-state index >= 15 is 0 Å². The first-order valence-corrected chi connectivity index (χ1v) is 5.61. The maximum absolute atomic E-state index is 9.19. The summed E-state index contributed by atoms with van der Waals surface area (Å²) in [6.07, 6.45) is 6.21. The van der Waals surface area contributed by atoms with E-state index in [-0.39, 0.29) is 12.2 Å². The standard InChI is InChI=1S/C12H22O2/c1-9-4-6-12(7-5-9)14-11(3)8-10(2)13/h6,9-11,13H,4-5,7-8H2,1-3H3/t9-,10-,11-/m1/s1. The zero-order valence-corrected chi connectivity index (χ0v) is 9.49. The zero-order valence-electron chi connectivity index (χ0n) is 9.49. The lowest BCUT2D eigenvalue weighted by molar-refractivity contribution is 0.0644. The van der Waals surface area contributed by atoms with Gasteiger partial charge in [-0.3, -0.25) is 0 Å². The van der Waals surface area contributed by atoms with Gasteiger partial charge in [-0.1, -0.05) is 6.92 Å². The van der Waals surface area contributed by atoms with Gasteiger partial charge in [-0.05, 0) is 38.7 Å². The van der Waals surface area contributed by atoms with Crippen molar-refractivity contribution in [2.75, 3.05) is 0 Å². The predicted molar refractivity (Wildman–Crippen MR) is 57.9 cm³/mol. The van der Waals surface area contributed by atoms with Crippen LogP contribution in [0, 0.1) is 5.92 Å². The smallest absolute Gasteiger partial charge is 0.0978 e. The normalized spacial score (nSPS) is 26.6. The topological polar surface area (TPSA) is 29.5 Å². The average Bonchev–Trinajstić information content (AvgIpc) is 2.07. The predicted octanol–water partition coefficient (Wildman–Crippen LogP) is 2.87. The number of allylic oxidation sites excluding steroid dienone is 2. The first-order valence-electron chi connectivity index (χ1n) is 5.61. The van der Waals surface area contributed by atoms with Crippen molar-refractivity contribution in [3.8, 4) is 0 Å². The Labute approximate surface area is 87.0 Å². The lowest BCUT2D eigenvalue weighted by atomic mass is 9.95. The van der Waals surface area contributed by atoms with Gasteiger partial charge in [-0.25, -0.2) is 0 Å². The number of hydrogen-bond acceptors (Lipinski definition) is 2. The molecular formula is C12H22O2. The van der Waals surface area contributed by atoms with Gasteiger partial charge in [0, 0.05) is 12.8 Å². The largest absolute Gasteiger partial charge is 0.495 e. The van der Waals surface area contributed by atoms with Gasteiger partial charge in [0.15, 0.2) is 0 Å². The highest BCUT2D eigenvalue weighted by Crippen LogP contribution is 2.24. The summed E-state index contributed by atoms with van der Waals surface area (Å²) >= 11 is 0. The Hall–Kier alpha value is -0.500. The average molecular weight is 198 g/mol. The number of hydrogen-bond donors (Lipinski definition) is 1. The van der Waals surface area contributed by atoms with Crippen LogP contribution >= 0.6 is 0 Å². The molecule has 0 aliphatic heterocycles. The molecule has 0 radical (unpaired) electrons. The minimum Gasteiger partial charge on any atom is -0.495 e. The lowest BCUT2D eigenvalue weighted by Crippen LogP contribution is -2.16. The lowest BCUT2D eigenvalue weighted by Gasteiger charge is -2.23. The highest BCUT2D eigenvalue weighted by atomic mass is 16.5. The number of rotatable bonds is 4. The van der Waals surface area contributed by atoms with Gasteiger partial charge in [0.1, 0.15) is 0 Å². The third kappa shape index (κ3) is 4.14. The molecule has 0 bridgehead atoms. The second-order valence-corrected chi connectivity index (χ2v) is 4.56. The van der Waals surface area contributed by atoms with Gasteiger partial charge >= 0.3 is 0 Å². The second kappa shape index (κ2) is 5.40. The fourth-order valence-corrected chi connectivity index (χ4v) is 1.84. The van der Waals surface area contributed by atoms with Gasteiger partial charge in [-0.15, -0.1) is 0 Å². The fourth-order valence-electron chi connectivity index (χ4n) is 1.84. The second-order valence-electron chi connectivity index (χ2n) is 4.56. The van der Waals surface area contributed by atoms with E-state index in [9.17, 15) is 5.11 Å². The van der Waals surface area contributed by atoms with Crippen molar-refractivity contribution < 1.29 is 9.84 Å². The Bertz CT molecular complexity index is 196. The van der Waals surface area contributed by atoms with E-state index in [4.69, 9.17) is 4.74 Å². The van der Waals surface area contributed by atoms with Crippen molar-refractivity contribution in [2.45, 2.75) is 58.7 Å². The first-order chi connectivity index (χ1) is 6.58. The van der Waals surface area contributed by atoms with E-state index in [0.29, 0.717) is 6.42 Å². The molecular weight excluding hydrogens is 176 g/mol. The summed E-state index contributed by atoms with van der Waals surface area (Å²) in [5.74, 6) is 1.92. The number of ether oxygens (including phenoxy) is 1. The Morgan fingerprint density at radius 2 is 2.29 bits per heavy atom. The molecule has 2 nitrogen and oxygen atoms in total. The van der Waals surface area contributed by atoms with E-state index in [0.717, 1.165) is 24.5 Å². The van der Waals surface area contributed by atoms with Crippen LogP contribution < -0.4 is 0 Å². The van der Waals surface area contributed by atoms with Crippen molar-refractivity contribution in [1.29, 1.82) is 0 Å². The molecule has 1 N–H and O–H groups in total. The molecule has 82 valence electrons. The van der Waals surface area contributed by atoms with Crippen LogP contribution in [0.15, 0.2) is 11.8 Å². The van der Waals surface area contributed by atoms with Gasteiger partial charge in [0.2, 0.25) is 0 Å². The Balaban J connectivity index is 2.30. The van der Waals surface area contributed by atoms with E-state index in [1.165, 1.54) is 6.42 Å². The molecule has 0 aromatic heterocycles. The molecule has 0 heterocycles. The quantitative estimate of drug-likeness (QED) is 0.752. The van der Waals surface area contributed by atoms with Gasteiger partial charge < -0.3 is 9.84 Å². The molecule has 0 unspecified atom stereocenters. The van der Waals surface area contributed by atoms with E-state index in [1.807, 2.05) is 6.92 Å². The highest BCUT2D eigenvalue weighted by Gasteiger charge is 2.14. The Morgan fingerprint density at radius 3 is 2.79 bits per heavy atom. The highest BCUT2D eigenvalue weighted by molar-refractivity contribution is 4.99. The van der Waals surface area contributed by atoms with E-state index < -0.39 is 0 Å². The van der Waals surface area contributed by atoms with Gasteiger partial charge in [-0.2, -0.15) is 0 Å². The summed E-state index contributed by atoms with van der Waals surface area (Å²) in [7, 11) is 0. The molecule has 0 fully saturated rings. The molecule has 0 saturated carbocycles. The molecule has 3 atom stereocenters. The first kappa shape index (κ1) is 11.6. The van der Waals surface area contributed by atoms with Crippen LogP contribution in [0.4, 0.5) is 0 Å². The Kier molecular flexibility index (Phi) is 4.46. The maximum atomic E-state index is 9.19. The van der Waals surface area contributed by atoms with Crippen LogP contribution in [-0.2, 0) is 4.74 Å². The summed E-state index contributed by atoms with van der Waals surface area (Å²) in [6, 6.07) is 0. The number of aliphatic hydroxyl groups is 1. The van der Waals surface area contributed by atoms with Crippen molar-refractivity contribution >= 4 is 0 Å². The van der Waals surface area contributed by atoms with Gasteiger partial charge in [0.05, 0.1) is 18.0 Å². The zero-order chi connectivity index (χ0) is 10.6. The molecule has 1 rings (SSSR count). The van der Waals surface area contributed by atoms with Crippen LogP contribution in [0.3, 0.4) is 0 Å². The van der Waals surface area contributed by atoms with Crippen LogP contribution in [0.2, 0.25) is 0 Å². The third-order valence-corrected chi connectivity index (χ3v) is 2.66. The summed E-state index contributed by atoms with van der Waals surface area (Å²) in [4.78, 5) is 0. The Morgan fingerprint density at radius 1 is 1.57 bits per heavy atom. The van der Waals surface area contributed by atoms with E-state index in [2.05, 4.69) is 13.0 Å². The molecule has 0 aromatic carbocycles. The summed E-state index contributed by atoms with van der Waals surface area (Å²) in [5.41, 5.74) is 0. The molecule has 14 heavy (non-hydrogen) atoms.